The van der Waals surface area contributed by atoms with Crippen LogP contribution < -0.4 is 4.74 Å². The molecule has 0 aliphatic rings. The van der Waals surface area contributed by atoms with E-state index in [4.69, 9.17) is 4.74 Å². The summed E-state index contributed by atoms with van der Waals surface area (Å²) in [6.45, 7) is -0.317. The maximum absolute atomic E-state index is 14.7. The molecule has 1 N–H and O–H groups in total. The van der Waals surface area contributed by atoms with Gasteiger partial charge in [0.1, 0.15) is 53.8 Å². The Bertz CT molecular complexity index is 1650. The fourth-order valence-corrected chi connectivity index (χ4v) is 4.13. The molecule has 0 aliphatic carbocycles. The van der Waals surface area contributed by atoms with E-state index in [0.717, 1.165) is 11.6 Å². The van der Waals surface area contributed by atoms with Gasteiger partial charge in [-0.2, -0.15) is 5.10 Å². The van der Waals surface area contributed by atoms with Crippen LogP contribution in [0.3, 0.4) is 0 Å². The zero-order valence-electron chi connectivity index (χ0n) is 21.4. The predicted octanol–water partition coefficient (Wildman–Crippen LogP) is 4.35. The van der Waals surface area contributed by atoms with Crippen molar-refractivity contribution in [2.45, 2.75) is 25.3 Å². The molecule has 12 heteroatoms. The zero-order valence-corrected chi connectivity index (χ0v) is 21.4. The smallest absolute Gasteiger partial charge is 0.185 e. The van der Waals surface area contributed by atoms with Crippen molar-refractivity contribution in [3.05, 3.63) is 131 Å². The maximum Gasteiger partial charge on any atom is 0.185 e. The Balaban J connectivity index is 1.21. The van der Waals surface area contributed by atoms with Gasteiger partial charge in [0.15, 0.2) is 5.78 Å². The first kappa shape index (κ1) is 27.5. The van der Waals surface area contributed by atoms with Crippen LogP contribution in [0.4, 0.5) is 13.2 Å². The number of allylic oxidation sites excluding steroid dienone is 1. The van der Waals surface area contributed by atoms with Crippen LogP contribution in [0.15, 0.2) is 91.7 Å². The number of benzene rings is 3. The van der Waals surface area contributed by atoms with Crippen molar-refractivity contribution in [1.82, 2.24) is 29.8 Å². The average molecular weight is 561 g/mol. The van der Waals surface area contributed by atoms with E-state index in [9.17, 15) is 23.1 Å². The summed E-state index contributed by atoms with van der Waals surface area (Å²) in [5, 5.41) is 23.5. The number of hydrogen-bond donors (Lipinski definition) is 1. The third-order valence-corrected chi connectivity index (χ3v) is 6.16. The van der Waals surface area contributed by atoms with Gasteiger partial charge in [0, 0.05) is 17.2 Å². The molecule has 1 unspecified atom stereocenters. The number of aliphatic hydroxyl groups is 1. The molecule has 208 valence electrons. The van der Waals surface area contributed by atoms with Crippen LogP contribution in [0.5, 0.6) is 5.75 Å². The van der Waals surface area contributed by atoms with E-state index in [1.165, 1.54) is 58.4 Å². The molecule has 2 aromatic heterocycles. The summed E-state index contributed by atoms with van der Waals surface area (Å²) in [7, 11) is 0. The third kappa shape index (κ3) is 6.92. The number of rotatable bonds is 11. The van der Waals surface area contributed by atoms with Gasteiger partial charge in [-0.15, -0.1) is 5.10 Å². The summed E-state index contributed by atoms with van der Waals surface area (Å²) in [4.78, 5) is 16.1. The van der Waals surface area contributed by atoms with E-state index in [2.05, 4.69) is 20.4 Å². The molecule has 1 atom stereocenters. The minimum absolute atomic E-state index is 0.0602. The van der Waals surface area contributed by atoms with Crippen LogP contribution in [0.25, 0.3) is 6.08 Å². The van der Waals surface area contributed by atoms with Crippen LogP contribution in [-0.4, -0.2) is 40.6 Å². The van der Waals surface area contributed by atoms with Gasteiger partial charge in [-0.05, 0) is 54.1 Å². The summed E-state index contributed by atoms with van der Waals surface area (Å²) < 4.78 is 49.7. The summed E-state index contributed by atoms with van der Waals surface area (Å²) in [6, 6.07) is 15.2. The fraction of sp³-hybridized carbons (Fsp3) is 0.138. The first-order valence-electron chi connectivity index (χ1n) is 12.4. The number of aromatic nitrogens is 6. The molecule has 0 amide bonds. The highest BCUT2D eigenvalue weighted by Gasteiger charge is 2.34. The van der Waals surface area contributed by atoms with Gasteiger partial charge < -0.3 is 9.84 Å². The second-order valence-electron chi connectivity index (χ2n) is 9.22. The minimum atomic E-state index is -1.85. The highest BCUT2D eigenvalue weighted by molar-refractivity contribution is 6.06. The van der Waals surface area contributed by atoms with Crippen LogP contribution in [0.2, 0.25) is 0 Å². The lowest BCUT2D eigenvalue weighted by Gasteiger charge is -2.28. The van der Waals surface area contributed by atoms with E-state index < -0.39 is 23.1 Å². The molecule has 0 aliphatic heterocycles. The van der Waals surface area contributed by atoms with Crippen LogP contribution in [0, 0.1) is 17.5 Å². The summed E-state index contributed by atoms with van der Waals surface area (Å²) >= 11 is 0. The summed E-state index contributed by atoms with van der Waals surface area (Å²) in [5.74, 6) is -1.79. The maximum atomic E-state index is 14.7. The van der Waals surface area contributed by atoms with E-state index in [0.29, 0.717) is 23.1 Å². The van der Waals surface area contributed by atoms with Gasteiger partial charge in [0.2, 0.25) is 0 Å². The zero-order chi connectivity index (χ0) is 28.8. The molecule has 9 nitrogen and oxygen atoms in total. The standard InChI is InChI=1S/C29H23F3N6O3/c30-22-6-4-21(5-7-22)28(39)12-3-20-1-9-25(10-2-20)41-15-24-14-37(36-35-24)16-29(40,17-38-19-33-18-34-38)26-11-8-23(31)13-27(26)32/h1-14,18-19,40H,15-17H2. The largest absolute Gasteiger partial charge is 0.487 e. The first-order chi connectivity index (χ1) is 19.8. The third-order valence-electron chi connectivity index (χ3n) is 6.16. The summed E-state index contributed by atoms with van der Waals surface area (Å²) in [5.41, 5.74) is -0.384. The molecule has 0 bridgehead atoms. The molecule has 5 rings (SSSR count). The van der Waals surface area contributed by atoms with Gasteiger partial charge in [-0.3, -0.25) is 4.79 Å². The molecule has 2 heterocycles. The predicted molar refractivity (Wildman–Crippen MR) is 141 cm³/mol. The van der Waals surface area contributed by atoms with Crippen molar-refractivity contribution in [1.29, 1.82) is 0 Å². The molecule has 0 saturated carbocycles. The Morgan fingerprint density at radius 1 is 0.951 bits per heavy atom. The van der Waals surface area contributed by atoms with Crippen molar-refractivity contribution in [2.24, 2.45) is 0 Å². The van der Waals surface area contributed by atoms with Crippen molar-refractivity contribution in [2.75, 3.05) is 0 Å². The second-order valence-corrected chi connectivity index (χ2v) is 9.22. The fourth-order valence-electron chi connectivity index (χ4n) is 4.13. The monoisotopic (exact) mass is 560 g/mol. The molecule has 0 saturated heterocycles. The van der Waals surface area contributed by atoms with Crippen molar-refractivity contribution < 1.29 is 27.8 Å². The molecule has 0 spiro atoms. The number of hydrogen-bond acceptors (Lipinski definition) is 7. The van der Waals surface area contributed by atoms with Crippen molar-refractivity contribution in [3.8, 4) is 5.75 Å². The number of carbonyl (C=O) groups is 1. The minimum Gasteiger partial charge on any atom is -0.487 e. The number of halogens is 3. The number of ether oxygens (including phenoxy) is 1. The topological polar surface area (TPSA) is 108 Å². The Hall–Kier alpha value is -5.10. The van der Waals surface area contributed by atoms with Gasteiger partial charge in [0.25, 0.3) is 0 Å². The van der Waals surface area contributed by atoms with E-state index in [1.54, 1.807) is 36.5 Å². The van der Waals surface area contributed by atoms with Crippen LogP contribution >= 0.6 is 0 Å². The molecule has 5 aromatic rings. The lowest BCUT2D eigenvalue weighted by molar-refractivity contribution is -0.00892. The van der Waals surface area contributed by atoms with Crippen molar-refractivity contribution >= 4 is 11.9 Å². The quantitative estimate of drug-likeness (QED) is 0.189. The molecule has 0 radical (unpaired) electrons. The molecule has 3 aromatic carbocycles. The SMILES string of the molecule is O=C(C=Cc1ccc(OCc2cn(CC(O)(Cn3cncn3)c3ccc(F)cc3F)nn2)cc1)c1ccc(F)cc1. The highest BCUT2D eigenvalue weighted by Crippen LogP contribution is 2.28. The first-order valence-corrected chi connectivity index (χ1v) is 12.4. The number of ketones is 1. The average Bonchev–Trinajstić information content (AvgIpc) is 3.63. The lowest BCUT2D eigenvalue weighted by atomic mass is 9.93. The van der Waals surface area contributed by atoms with Gasteiger partial charge >= 0.3 is 0 Å². The van der Waals surface area contributed by atoms with E-state index in [-0.39, 0.29) is 31.0 Å². The van der Waals surface area contributed by atoms with Crippen LogP contribution in [-0.2, 0) is 25.3 Å². The Kier molecular flexibility index (Phi) is 8.01. The highest BCUT2D eigenvalue weighted by atomic mass is 19.1. The van der Waals surface area contributed by atoms with Gasteiger partial charge in [-0.1, -0.05) is 29.5 Å². The Morgan fingerprint density at radius 2 is 1.68 bits per heavy atom. The Morgan fingerprint density at radius 3 is 2.39 bits per heavy atom. The molecular formula is C29H23F3N6O3. The normalized spacial score (nSPS) is 12.9. The number of carbonyl (C=O) groups excluding carboxylic acids is 1. The van der Waals surface area contributed by atoms with Gasteiger partial charge in [0.05, 0.1) is 19.3 Å². The van der Waals surface area contributed by atoms with Crippen molar-refractivity contribution in [3.63, 3.8) is 0 Å². The molecule has 0 fully saturated rings. The number of nitrogens with zero attached hydrogens (tertiary/aromatic N) is 6. The molecule has 41 heavy (non-hydrogen) atoms. The molecular weight excluding hydrogens is 537 g/mol. The summed E-state index contributed by atoms with van der Waals surface area (Å²) in [6.07, 6.45) is 7.25. The second kappa shape index (κ2) is 12.0. The van der Waals surface area contributed by atoms with Gasteiger partial charge in [-0.25, -0.2) is 27.5 Å². The van der Waals surface area contributed by atoms with E-state index >= 15 is 0 Å². The van der Waals surface area contributed by atoms with E-state index in [1.807, 2.05) is 0 Å². The Labute approximate surface area is 232 Å². The van der Waals surface area contributed by atoms with Crippen LogP contribution in [0.1, 0.15) is 27.2 Å². The lowest BCUT2D eigenvalue weighted by Crippen LogP contribution is -2.37.